The topological polar surface area (TPSA) is 17.1 Å². The first-order chi connectivity index (χ1) is 7.41. The molecule has 86 valence electrons. The van der Waals surface area contributed by atoms with Crippen molar-refractivity contribution in [1.82, 2.24) is 0 Å². The molecule has 0 aromatic rings. The standard InChI is InChI=1S/C14H24O/c1-2-3-4-5-6-7-8-9-10-11-12-13-14-15/h4-5,9-10,14H,2-3,6-8,11-13H2,1H3/b5-4+,10-9+. The first-order valence-electron chi connectivity index (χ1n) is 6.15. The Morgan fingerprint density at radius 2 is 1.20 bits per heavy atom. The minimum absolute atomic E-state index is 0.699. The lowest BCUT2D eigenvalue weighted by Crippen LogP contribution is -1.74. The van der Waals surface area contributed by atoms with Crippen molar-refractivity contribution in [1.29, 1.82) is 0 Å². The van der Waals surface area contributed by atoms with E-state index in [-0.39, 0.29) is 0 Å². The monoisotopic (exact) mass is 208 g/mol. The van der Waals surface area contributed by atoms with E-state index in [9.17, 15) is 4.79 Å². The smallest absolute Gasteiger partial charge is 0.120 e. The number of carbonyl (C=O) groups is 1. The molecule has 0 unspecified atom stereocenters. The summed E-state index contributed by atoms with van der Waals surface area (Å²) in [5.41, 5.74) is 0. The van der Waals surface area contributed by atoms with Gasteiger partial charge < -0.3 is 4.79 Å². The molecular weight excluding hydrogens is 184 g/mol. The Balaban J connectivity index is 3.12. The zero-order valence-electron chi connectivity index (χ0n) is 9.95. The van der Waals surface area contributed by atoms with Crippen LogP contribution in [-0.2, 0) is 4.79 Å². The van der Waals surface area contributed by atoms with Crippen molar-refractivity contribution in [2.45, 2.75) is 58.3 Å². The zero-order chi connectivity index (χ0) is 11.2. The molecule has 0 aliphatic heterocycles. The van der Waals surface area contributed by atoms with E-state index >= 15 is 0 Å². The van der Waals surface area contributed by atoms with Crippen molar-refractivity contribution in [2.75, 3.05) is 0 Å². The fraction of sp³-hybridized carbons (Fsp3) is 0.643. The van der Waals surface area contributed by atoms with Crippen LogP contribution in [0.3, 0.4) is 0 Å². The van der Waals surface area contributed by atoms with E-state index in [1.165, 1.54) is 25.7 Å². The second-order valence-corrected chi connectivity index (χ2v) is 3.76. The second-order valence-electron chi connectivity index (χ2n) is 3.76. The molecule has 0 aromatic carbocycles. The molecule has 0 N–H and O–H groups in total. The quantitative estimate of drug-likeness (QED) is 0.295. The van der Waals surface area contributed by atoms with Crippen LogP contribution in [0, 0.1) is 0 Å². The van der Waals surface area contributed by atoms with Crippen LogP contribution < -0.4 is 0 Å². The Labute approximate surface area is 94.3 Å². The van der Waals surface area contributed by atoms with E-state index in [0.29, 0.717) is 6.42 Å². The molecule has 0 atom stereocenters. The predicted molar refractivity (Wildman–Crippen MR) is 67.0 cm³/mol. The number of hydrogen-bond acceptors (Lipinski definition) is 1. The summed E-state index contributed by atoms with van der Waals surface area (Å²) in [5.74, 6) is 0. The molecule has 15 heavy (non-hydrogen) atoms. The third kappa shape index (κ3) is 13.2. The van der Waals surface area contributed by atoms with Crippen molar-refractivity contribution in [2.24, 2.45) is 0 Å². The van der Waals surface area contributed by atoms with Gasteiger partial charge in [0.15, 0.2) is 0 Å². The predicted octanol–water partition coefficient (Wildman–Crippen LogP) is 4.44. The molecule has 0 fully saturated rings. The number of allylic oxidation sites excluding steroid dienone is 4. The second kappa shape index (κ2) is 13.2. The molecule has 0 aliphatic carbocycles. The molecule has 0 bridgehead atoms. The molecule has 0 saturated carbocycles. The Kier molecular flexibility index (Phi) is 12.4. The van der Waals surface area contributed by atoms with Gasteiger partial charge in [0.05, 0.1) is 0 Å². The number of carbonyl (C=O) groups excluding carboxylic acids is 1. The lowest BCUT2D eigenvalue weighted by molar-refractivity contribution is -0.107. The maximum Gasteiger partial charge on any atom is 0.120 e. The van der Waals surface area contributed by atoms with Crippen LogP contribution in [0.5, 0.6) is 0 Å². The van der Waals surface area contributed by atoms with Gasteiger partial charge in [-0.2, -0.15) is 0 Å². The lowest BCUT2D eigenvalue weighted by Gasteiger charge is -1.91. The number of rotatable bonds is 10. The zero-order valence-corrected chi connectivity index (χ0v) is 9.95. The van der Waals surface area contributed by atoms with E-state index in [1.807, 2.05) is 0 Å². The number of aldehydes is 1. The summed E-state index contributed by atoms with van der Waals surface area (Å²) < 4.78 is 0. The fourth-order valence-electron chi connectivity index (χ4n) is 1.31. The molecule has 0 aromatic heterocycles. The van der Waals surface area contributed by atoms with Gasteiger partial charge in [-0.25, -0.2) is 0 Å². The first-order valence-corrected chi connectivity index (χ1v) is 6.15. The summed E-state index contributed by atoms with van der Waals surface area (Å²) in [7, 11) is 0. The summed E-state index contributed by atoms with van der Waals surface area (Å²) in [6.07, 6.45) is 18.8. The van der Waals surface area contributed by atoms with Crippen LogP contribution in [-0.4, -0.2) is 6.29 Å². The third-order valence-electron chi connectivity index (χ3n) is 2.22. The van der Waals surface area contributed by atoms with E-state index in [0.717, 1.165) is 25.5 Å². The van der Waals surface area contributed by atoms with Crippen LogP contribution in [0.4, 0.5) is 0 Å². The van der Waals surface area contributed by atoms with Crippen molar-refractivity contribution < 1.29 is 4.79 Å². The van der Waals surface area contributed by atoms with Gasteiger partial charge in [-0.15, -0.1) is 0 Å². The van der Waals surface area contributed by atoms with Gasteiger partial charge in [-0.1, -0.05) is 37.6 Å². The van der Waals surface area contributed by atoms with Crippen molar-refractivity contribution in [3.05, 3.63) is 24.3 Å². The molecule has 0 aliphatic rings. The van der Waals surface area contributed by atoms with E-state index in [1.54, 1.807) is 0 Å². The maximum atomic E-state index is 10.0. The molecule has 0 saturated heterocycles. The van der Waals surface area contributed by atoms with Crippen molar-refractivity contribution >= 4 is 6.29 Å². The van der Waals surface area contributed by atoms with Gasteiger partial charge in [0, 0.05) is 6.42 Å². The highest BCUT2D eigenvalue weighted by atomic mass is 16.1. The normalized spacial score (nSPS) is 11.5. The molecule has 0 heterocycles. The molecule has 0 radical (unpaired) electrons. The maximum absolute atomic E-state index is 10.0. The summed E-state index contributed by atoms with van der Waals surface area (Å²) >= 11 is 0. The van der Waals surface area contributed by atoms with E-state index < -0.39 is 0 Å². The average molecular weight is 208 g/mol. The largest absolute Gasteiger partial charge is 0.303 e. The fourth-order valence-corrected chi connectivity index (χ4v) is 1.31. The van der Waals surface area contributed by atoms with Crippen molar-refractivity contribution in [3.63, 3.8) is 0 Å². The number of hydrogen-bond donors (Lipinski definition) is 0. The van der Waals surface area contributed by atoms with Gasteiger partial charge in [-0.05, 0) is 38.5 Å². The van der Waals surface area contributed by atoms with Gasteiger partial charge in [-0.3, -0.25) is 0 Å². The number of unbranched alkanes of at least 4 members (excludes halogenated alkanes) is 5. The van der Waals surface area contributed by atoms with E-state index in [2.05, 4.69) is 31.2 Å². The Morgan fingerprint density at radius 3 is 1.67 bits per heavy atom. The van der Waals surface area contributed by atoms with Crippen LogP contribution in [0.25, 0.3) is 0 Å². The first kappa shape index (κ1) is 14.2. The van der Waals surface area contributed by atoms with Crippen molar-refractivity contribution in [3.8, 4) is 0 Å². The third-order valence-corrected chi connectivity index (χ3v) is 2.22. The van der Waals surface area contributed by atoms with Crippen LogP contribution in [0.2, 0.25) is 0 Å². The van der Waals surface area contributed by atoms with Gasteiger partial charge >= 0.3 is 0 Å². The van der Waals surface area contributed by atoms with Crippen LogP contribution >= 0.6 is 0 Å². The van der Waals surface area contributed by atoms with Crippen LogP contribution in [0.1, 0.15) is 58.3 Å². The molecule has 0 amide bonds. The minimum Gasteiger partial charge on any atom is -0.303 e. The highest BCUT2D eigenvalue weighted by molar-refractivity contribution is 5.48. The lowest BCUT2D eigenvalue weighted by atomic mass is 10.2. The van der Waals surface area contributed by atoms with Gasteiger partial charge in [0.2, 0.25) is 0 Å². The summed E-state index contributed by atoms with van der Waals surface area (Å²) in [5, 5.41) is 0. The summed E-state index contributed by atoms with van der Waals surface area (Å²) in [6.45, 7) is 2.20. The highest BCUT2D eigenvalue weighted by Gasteiger charge is 1.83. The van der Waals surface area contributed by atoms with Gasteiger partial charge in [0.1, 0.15) is 6.29 Å². The Hall–Kier alpha value is -0.850. The molecule has 0 spiro atoms. The van der Waals surface area contributed by atoms with E-state index in [4.69, 9.17) is 0 Å². The van der Waals surface area contributed by atoms with Crippen LogP contribution in [0.15, 0.2) is 24.3 Å². The summed E-state index contributed by atoms with van der Waals surface area (Å²) in [6, 6.07) is 0. The van der Waals surface area contributed by atoms with Gasteiger partial charge in [0.25, 0.3) is 0 Å². The molecule has 0 rings (SSSR count). The molecule has 1 heteroatoms. The molecule has 1 nitrogen and oxygen atoms in total. The SMILES string of the molecule is CCC/C=C/CCC/C=C/CCCC=O. The highest BCUT2D eigenvalue weighted by Crippen LogP contribution is 2.01. The average Bonchev–Trinajstić information content (AvgIpc) is 2.26. The molecular formula is C14H24O. The Bertz CT molecular complexity index is 180. The summed E-state index contributed by atoms with van der Waals surface area (Å²) in [4.78, 5) is 10.0. The Morgan fingerprint density at radius 1 is 0.733 bits per heavy atom. The minimum atomic E-state index is 0.699.